The van der Waals surface area contributed by atoms with Gasteiger partial charge in [0, 0.05) is 24.9 Å². The minimum Gasteiger partial charge on any atom is -0.465 e. The molecule has 1 aromatic carbocycles. The molecule has 7 nitrogen and oxygen atoms in total. The lowest BCUT2D eigenvalue weighted by Gasteiger charge is -2.21. The number of nitrogens with zero attached hydrogens (tertiary/aromatic N) is 1. The predicted molar refractivity (Wildman–Crippen MR) is 77.2 cm³/mol. The highest BCUT2D eigenvalue weighted by atomic mass is 16.5. The quantitative estimate of drug-likeness (QED) is 0.377. The molecule has 1 unspecified atom stereocenters. The van der Waals surface area contributed by atoms with Gasteiger partial charge in [0.2, 0.25) is 0 Å². The average molecular weight is 291 g/mol. The molecule has 0 aliphatic carbocycles. The molecule has 0 aromatic heterocycles. The Kier molecular flexibility index (Phi) is 4.78. The standard InChI is InChI=1S/C14H17N3O4/c18-13(16-21)6-5-10-3-1-2-4-12(10)17-8-7-11(9-17)15-14(19)20/h1-6,11,15,21H,7-9H2,(H,16,18)(H,19,20)/b6-5+. The fourth-order valence-corrected chi connectivity index (χ4v) is 2.39. The lowest BCUT2D eigenvalue weighted by Crippen LogP contribution is -2.36. The Morgan fingerprint density at radius 3 is 2.81 bits per heavy atom. The molecule has 1 atom stereocenters. The molecule has 112 valence electrons. The molecule has 0 radical (unpaired) electrons. The van der Waals surface area contributed by atoms with Crippen LogP contribution in [0.25, 0.3) is 6.08 Å². The number of carboxylic acid groups (broad SMARTS) is 1. The maximum atomic E-state index is 11.1. The zero-order valence-electron chi connectivity index (χ0n) is 11.3. The van der Waals surface area contributed by atoms with Crippen LogP contribution in [-0.2, 0) is 4.79 Å². The van der Waals surface area contributed by atoms with Crippen molar-refractivity contribution in [2.24, 2.45) is 0 Å². The molecule has 2 amide bonds. The van der Waals surface area contributed by atoms with E-state index in [1.807, 2.05) is 24.3 Å². The van der Waals surface area contributed by atoms with Gasteiger partial charge in [-0.2, -0.15) is 0 Å². The number of hydrogen-bond acceptors (Lipinski definition) is 4. The third-order valence-corrected chi connectivity index (χ3v) is 3.32. The molecule has 0 bridgehead atoms. The fraction of sp³-hybridized carbons (Fsp3) is 0.286. The van der Waals surface area contributed by atoms with E-state index in [0.29, 0.717) is 6.54 Å². The van der Waals surface area contributed by atoms with Gasteiger partial charge < -0.3 is 15.3 Å². The number of amides is 2. The highest BCUT2D eigenvalue weighted by Gasteiger charge is 2.24. The summed E-state index contributed by atoms with van der Waals surface area (Å²) >= 11 is 0. The number of hydroxylamine groups is 1. The van der Waals surface area contributed by atoms with Gasteiger partial charge in [-0.15, -0.1) is 0 Å². The van der Waals surface area contributed by atoms with E-state index in [4.69, 9.17) is 10.3 Å². The van der Waals surface area contributed by atoms with E-state index < -0.39 is 12.0 Å². The average Bonchev–Trinajstić information content (AvgIpc) is 2.92. The summed E-state index contributed by atoms with van der Waals surface area (Å²) in [7, 11) is 0. The summed E-state index contributed by atoms with van der Waals surface area (Å²) in [5.41, 5.74) is 3.29. The van der Waals surface area contributed by atoms with Crippen LogP contribution in [0.4, 0.5) is 10.5 Å². The van der Waals surface area contributed by atoms with Gasteiger partial charge >= 0.3 is 6.09 Å². The second-order valence-corrected chi connectivity index (χ2v) is 4.75. The second kappa shape index (κ2) is 6.76. The normalized spacial score (nSPS) is 18.0. The van der Waals surface area contributed by atoms with Gasteiger partial charge in [0.15, 0.2) is 0 Å². The van der Waals surface area contributed by atoms with Gasteiger partial charge in [-0.1, -0.05) is 18.2 Å². The summed E-state index contributed by atoms with van der Waals surface area (Å²) in [5, 5.41) is 19.7. The minimum absolute atomic E-state index is 0.0970. The van der Waals surface area contributed by atoms with Crippen LogP contribution >= 0.6 is 0 Å². The Bertz CT molecular complexity index is 559. The molecule has 2 rings (SSSR count). The number of carbonyl (C=O) groups is 2. The van der Waals surface area contributed by atoms with Crippen LogP contribution in [0.3, 0.4) is 0 Å². The molecule has 7 heteroatoms. The fourth-order valence-electron chi connectivity index (χ4n) is 2.39. The number of benzene rings is 1. The summed E-state index contributed by atoms with van der Waals surface area (Å²) in [6.45, 7) is 1.32. The summed E-state index contributed by atoms with van der Waals surface area (Å²) in [4.78, 5) is 23.8. The first kappa shape index (κ1) is 14.9. The van der Waals surface area contributed by atoms with Crippen molar-refractivity contribution in [2.75, 3.05) is 18.0 Å². The van der Waals surface area contributed by atoms with E-state index in [1.54, 1.807) is 6.08 Å². The monoisotopic (exact) mass is 291 g/mol. The summed E-state index contributed by atoms with van der Waals surface area (Å²) < 4.78 is 0. The lowest BCUT2D eigenvalue weighted by atomic mass is 10.1. The summed E-state index contributed by atoms with van der Waals surface area (Å²) in [6.07, 6.45) is 2.57. The molecule has 21 heavy (non-hydrogen) atoms. The molecule has 4 N–H and O–H groups in total. The zero-order valence-corrected chi connectivity index (χ0v) is 11.3. The first-order valence-corrected chi connectivity index (χ1v) is 6.55. The Balaban J connectivity index is 2.12. The van der Waals surface area contributed by atoms with E-state index in [1.165, 1.54) is 11.6 Å². The van der Waals surface area contributed by atoms with E-state index >= 15 is 0 Å². The predicted octanol–water partition coefficient (Wildman–Crippen LogP) is 1.05. The van der Waals surface area contributed by atoms with E-state index in [9.17, 15) is 9.59 Å². The maximum absolute atomic E-state index is 11.1. The van der Waals surface area contributed by atoms with Crippen molar-refractivity contribution in [3.8, 4) is 0 Å². The van der Waals surface area contributed by atoms with Gasteiger partial charge in [-0.05, 0) is 24.1 Å². The van der Waals surface area contributed by atoms with Crippen molar-refractivity contribution in [1.29, 1.82) is 0 Å². The molecule has 0 spiro atoms. The van der Waals surface area contributed by atoms with Crippen molar-refractivity contribution in [3.05, 3.63) is 35.9 Å². The SMILES string of the molecule is O=C(O)NC1CCN(c2ccccc2/C=C/C(=O)NO)C1. The van der Waals surface area contributed by atoms with Gasteiger partial charge in [0.25, 0.3) is 5.91 Å². The topological polar surface area (TPSA) is 102 Å². The van der Waals surface area contributed by atoms with Crippen LogP contribution < -0.4 is 15.7 Å². The number of hydrogen-bond donors (Lipinski definition) is 4. The van der Waals surface area contributed by atoms with Gasteiger partial charge in [-0.3, -0.25) is 10.0 Å². The Morgan fingerprint density at radius 1 is 1.33 bits per heavy atom. The summed E-state index contributed by atoms with van der Waals surface area (Å²) in [5.74, 6) is -0.600. The zero-order chi connectivity index (χ0) is 15.2. The van der Waals surface area contributed by atoms with E-state index in [0.717, 1.165) is 24.2 Å². The first-order chi connectivity index (χ1) is 10.1. The molecule has 0 saturated carbocycles. The highest BCUT2D eigenvalue weighted by molar-refractivity contribution is 5.91. The molecule has 1 saturated heterocycles. The summed E-state index contributed by atoms with van der Waals surface area (Å²) in [6, 6.07) is 7.41. The van der Waals surface area contributed by atoms with Crippen molar-refractivity contribution in [2.45, 2.75) is 12.5 Å². The van der Waals surface area contributed by atoms with Crippen molar-refractivity contribution >= 4 is 23.8 Å². The van der Waals surface area contributed by atoms with Crippen LogP contribution in [0.5, 0.6) is 0 Å². The van der Waals surface area contributed by atoms with Crippen molar-refractivity contribution in [3.63, 3.8) is 0 Å². The van der Waals surface area contributed by atoms with Crippen LogP contribution in [0.2, 0.25) is 0 Å². The smallest absolute Gasteiger partial charge is 0.404 e. The van der Waals surface area contributed by atoms with Gasteiger partial charge in [0.1, 0.15) is 0 Å². The third-order valence-electron chi connectivity index (χ3n) is 3.32. The number of nitrogens with one attached hydrogen (secondary N) is 2. The largest absolute Gasteiger partial charge is 0.465 e. The van der Waals surface area contributed by atoms with Crippen LogP contribution in [0.15, 0.2) is 30.3 Å². The van der Waals surface area contributed by atoms with Gasteiger partial charge in [0.05, 0.1) is 6.04 Å². The number of anilines is 1. The van der Waals surface area contributed by atoms with Gasteiger partial charge in [-0.25, -0.2) is 10.3 Å². The van der Waals surface area contributed by atoms with Crippen LogP contribution in [0, 0.1) is 0 Å². The second-order valence-electron chi connectivity index (χ2n) is 4.75. The third kappa shape index (κ3) is 3.96. The highest BCUT2D eigenvalue weighted by Crippen LogP contribution is 2.25. The molecular weight excluding hydrogens is 274 g/mol. The number of rotatable bonds is 4. The molecule has 1 heterocycles. The Morgan fingerprint density at radius 2 is 2.10 bits per heavy atom. The van der Waals surface area contributed by atoms with E-state index in [-0.39, 0.29) is 6.04 Å². The maximum Gasteiger partial charge on any atom is 0.404 e. The molecule has 1 aromatic rings. The van der Waals surface area contributed by atoms with E-state index in [2.05, 4.69) is 10.2 Å². The number of carbonyl (C=O) groups excluding carboxylic acids is 1. The molecule has 1 aliphatic heterocycles. The molecule has 1 fully saturated rings. The van der Waals surface area contributed by atoms with Crippen LogP contribution in [0.1, 0.15) is 12.0 Å². The lowest BCUT2D eigenvalue weighted by molar-refractivity contribution is -0.124. The molecular formula is C14H17N3O4. The van der Waals surface area contributed by atoms with Crippen molar-refractivity contribution in [1.82, 2.24) is 10.8 Å². The minimum atomic E-state index is -1.02. The first-order valence-electron chi connectivity index (χ1n) is 6.55. The Labute approximate surface area is 121 Å². The van der Waals surface area contributed by atoms with Crippen molar-refractivity contribution < 1.29 is 19.9 Å². The molecule has 1 aliphatic rings. The number of para-hydroxylation sites is 1. The van der Waals surface area contributed by atoms with Crippen LogP contribution in [-0.4, -0.2) is 41.4 Å². The Hall–Kier alpha value is -2.54.